The van der Waals surface area contributed by atoms with Crippen LogP contribution >= 0.6 is 23.8 Å². The third kappa shape index (κ3) is 4.40. The first kappa shape index (κ1) is 16.7. The molecule has 0 atom stereocenters. The summed E-state index contributed by atoms with van der Waals surface area (Å²) in [4.78, 5) is 16.3. The Morgan fingerprint density at radius 1 is 1.27 bits per heavy atom. The minimum Gasteiger partial charge on any atom is -0.388 e. The molecule has 1 saturated heterocycles. The van der Waals surface area contributed by atoms with Gasteiger partial charge in [-0.1, -0.05) is 23.8 Å². The maximum atomic E-state index is 12.5. The van der Waals surface area contributed by atoms with Gasteiger partial charge < -0.3 is 15.5 Å². The van der Waals surface area contributed by atoms with Gasteiger partial charge in [-0.25, -0.2) is 0 Å². The molecule has 22 heavy (non-hydrogen) atoms. The summed E-state index contributed by atoms with van der Waals surface area (Å²) >= 11 is 10.8. The number of rotatable bonds is 4. The fourth-order valence-electron chi connectivity index (χ4n) is 2.01. The monoisotopic (exact) mass is 339 g/mol. The number of thiocarbonyl (C=S) groups is 1. The second-order valence-electron chi connectivity index (χ2n) is 5.04. The molecule has 1 fully saturated rings. The molecule has 1 aromatic rings. The smallest absolute Gasteiger partial charge is 0.277 e. The maximum Gasteiger partial charge on any atom is 0.277 e. The van der Waals surface area contributed by atoms with Gasteiger partial charge in [0.2, 0.25) is 0 Å². The number of halogens is 1. The number of hydrazone groups is 1. The van der Waals surface area contributed by atoms with Gasteiger partial charge in [0, 0.05) is 31.2 Å². The molecular formula is C14H18ClN5OS. The highest BCUT2D eigenvalue weighted by Crippen LogP contribution is 2.13. The lowest BCUT2D eigenvalue weighted by atomic mass is 10.2. The molecule has 0 bridgehead atoms. The number of carbonyl (C=O) groups excluding carboxylic acids is 1. The fourth-order valence-corrected chi connectivity index (χ4v) is 2.27. The quantitative estimate of drug-likeness (QED) is 0.489. The van der Waals surface area contributed by atoms with Gasteiger partial charge in [0.05, 0.1) is 5.69 Å². The fraction of sp³-hybridized carbons (Fsp3) is 0.357. The van der Waals surface area contributed by atoms with Crippen molar-refractivity contribution in [2.24, 2.45) is 10.8 Å². The van der Waals surface area contributed by atoms with Gasteiger partial charge in [0.25, 0.3) is 5.91 Å². The van der Waals surface area contributed by atoms with Crippen molar-refractivity contribution in [1.82, 2.24) is 9.80 Å². The van der Waals surface area contributed by atoms with Crippen molar-refractivity contribution in [3.05, 3.63) is 29.3 Å². The number of carbonyl (C=O) groups is 1. The molecule has 0 aromatic heterocycles. The van der Waals surface area contributed by atoms with Crippen LogP contribution in [-0.2, 0) is 4.79 Å². The molecule has 0 unspecified atom stereocenters. The average Bonchev–Trinajstić information content (AvgIpc) is 2.49. The third-order valence-corrected chi connectivity index (χ3v) is 3.81. The molecule has 0 aliphatic carbocycles. The largest absolute Gasteiger partial charge is 0.388 e. The van der Waals surface area contributed by atoms with Crippen LogP contribution < -0.4 is 11.2 Å². The first-order valence-corrected chi connectivity index (χ1v) is 7.63. The molecule has 3 N–H and O–H groups in total. The molecule has 1 heterocycles. The van der Waals surface area contributed by atoms with Crippen LogP contribution in [0.25, 0.3) is 0 Å². The van der Waals surface area contributed by atoms with Crippen molar-refractivity contribution >= 4 is 46.1 Å². The number of hydrogen-bond donors (Lipinski definition) is 2. The van der Waals surface area contributed by atoms with E-state index in [0.29, 0.717) is 23.8 Å². The minimum atomic E-state index is -0.248. The lowest BCUT2D eigenvalue weighted by molar-refractivity contribution is -0.125. The van der Waals surface area contributed by atoms with Crippen molar-refractivity contribution in [3.8, 4) is 0 Å². The van der Waals surface area contributed by atoms with Gasteiger partial charge in [0.15, 0.2) is 5.71 Å². The number of nitrogens with two attached hydrogens (primary N) is 1. The van der Waals surface area contributed by atoms with Crippen molar-refractivity contribution in [1.29, 1.82) is 0 Å². The van der Waals surface area contributed by atoms with Crippen LogP contribution in [0.15, 0.2) is 29.4 Å². The predicted octanol–water partition coefficient (Wildman–Crippen LogP) is 1.17. The van der Waals surface area contributed by atoms with Crippen LogP contribution in [-0.4, -0.2) is 59.6 Å². The van der Waals surface area contributed by atoms with Gasteiger partial charge in [-0.15, -0.1) is 0 Å². The number of likely N-dealkylation sites (N-methyl/N-ethyl adjacent to an activating group) is 1. The highest BCUT2D eigenvalue weighted by atomic mass is 35.5. The molecular weight excluding hydrogens is 322 g/mol. The van der Waals surface area contributed by atoms with E-state index in [2.05, 4.69) is 15.4 Å². The number of benzene rings is 1. The van der Waals surface area contributed by atoms with Crippen LogP contribution in [0.2, 0.25) is 5.02 Å². The molecule has 2 rings (SSSR count). The zero-order chi connectivity index (χ0) is 16.1. The molecule has 0 saturated carbocycles. The molecule has 6 nitrogen and oxygen atoms in total. The Morgan fingerprint density at radius 3 is 2.41 bits per heavy atom. The van der Waals surface area contributed by atoms with E-state index >= 15 is 0 Å². The van der Waals surface area contributed by atoms with Gasteiger partial charge >= 0.3 is 0 Å². The topological polar surface area (TPSA) is 74.0 Å². The second-order valence-corrected chi connectivity index (χ2v) is 5.92. The summed E-state index contributed by atoms with van der Waals surface area (Å²) in [6.45, 7) is 2.91. The molecule has 1 aliphatic rings. The van der Waals surface area contributed by atoms with E-state index in [-0.39, 0.29) is 16.6 Å². The number of hydrogen-bond acceptors (Lipinski definition) is 5. The molecule has 8 heteroatoms. The van der Waals surface area contributed by atoms with Crippen molar-refractivity contribution < 1.29 is 4.79 Å². The Labute approximate surface area is 139 Å². The van der Waals surface area contributed by atoms with Gasteiger partial charge in [-0.3, -0.25) is 10.2 Å². The Morgan fingerprint density at radius 2 is 1.86 bits per heavy atom. The second kappa shape index (κ2) is 7.53. The van der Waals surface area contributed by atoms with Gasteiger partial charge in [-0.05, 0) is 31.3 Å². The van der Waals surface area contributed by atoms with E-state index < -0.39 is 0 Å². The van der Waals surface area contributed by atoms with Crippen LogP contribution in [0.1, 0.15) is 0 Å². The third-order valence-electron chi connectivity index (χ3n) is 3.37. The first-order valence-electron chi connectivity index (χ1n) is 6.84. The minimum absolute atomic E-state index is 0.0228. The van der Waals surface area contributed by atoms with E-state index in [1.165, 1.54) is 0 Å². The number of nitrogens with one attached hydrogen (secondary N) is 1. The van der Waals surface area contributed by atoms with Crippen LogP contribution in [0.4, 0.5) is 5.69 Å². The van der Waals surface area contributed by atoms with Crippen molar-refractivity contribution in [2.45, 2.75) is 0 Å². The number of amides is 1. The molecule has 1 aromatic carbocycles. The van der Waals surface area contributed by atoms with Gasteiger partial charge in [0.1, 0.15) is 4.99 Å². The van der Waals surface area contributed by atoms with Crippen molar-refractivity contribution in [2.75, 3.05) is 38.7 Å². The summed E-state index contributed by atoms with van der Waals surface area (Å²) in [5.41, 5.74) is 9.19. The molecule has 118 valence electrons. The Hall–Kier alpha value is -1.70. The zero-order valence-corrected chi connectivity index (χ0v) is 13.8. The van der Waals surface area contributed by atoms with Crippen LogP contribution in [0.3, 0.4) is 0 Å². The summed E-state index contributed by atoms with van der Waals surface area (Å²) in [6.07, 6.45) is 0. The lowest BCUT2D eigenvalue weighted by Gasteiger charge is -2.32. The van der Waals surface area contributed by atoms with E-state index in [0.717, 1.165) is 13.1 Å². The van der Waals surface area contributed by atoms with Crippen molar-refractivity contribution in [3.63, 3.8) is 0 Å². The molecule has 0 spiro atoms. The molecule has 0 radical (unpaired) electrons. The van der Waals surface area contributed by atoms with Gasteiger partial charge in [-0.2, -0.15) is 5.10 Å². The number of piperazine rings is 1. The summed E-state index contributed by atoms with van der Waals surface area (Å²) in [7, 11) is 2.02. The Bertz CT molecular complexity index is 581. The standard InChI is InChI=1S/C14H18ClN5OS/c1-19-6-8-20(9-7-19)14(21)12(13(16)22)18-17-11-4-2-10(15)3-5-11/h2-5,17H,6-9H2,1H3,(H2,16,22)/b18-12+. The lowest BCUT2D eigenvalue weighted by Crippen LogP contribution is -2.51. The first-order chi connectivity index (χ1) is 10.5. The Kier molecular flexibility index (Phi) is 5.70. The number of anilines is 1. The van der Waals surface area contributed by atoms with E-state index in [1.54, 1.807) is 29.2 Å². The summed E-state index contributed by atoms with van der Waals surface area (Å²) < 4.78 is 0. The summed E-state index contributed by atoms with van der Waals surface area (Å²) in [6, 6.07) is 6.96. The van der Waals surface area contributed by atoms with Crippen LogP contribution in [0, 0.1) is 0 Å². The average molecular weight is 340 g/mol. The summed E-state index contributed by atoms with van der Waals surface area (Å²) in [5, 5.41) is 4.69. The molecule has 1 aliphatic heterocycles. The van der Waals surface area contributed by atoms with Crippen LogP contribution in [0.5, 0.6) is 0 Å². The Balaban J connectivity index is 2.08. The van der Waals surface area contributed by atoms with E-state index in [4.69, 9.17) is 29.6 Å². The SMILES string of the molecule is CN1CCN(C(=O)/C(=N/Nc2ccc(Cl)cc2)C(N)=S)CC1. The zero-order valence-electron chi connectivity index (χ0n) is 12.3. The highest BCUT2D eigenvalue weighted by Gasteiger charge is 2.25. The normalized spacial score (nSPS) is 16.5. The summed E-state index contributed by atoms with van der Waals surface area (Å²) in [5.74, 6) is -0.248. The van der Waals surface area contributed by atoms with E-state index in [9.17, 15) is 4.79 Å². The van der Waals surface area contributed by atoms with E-state index in [1.807, 2.05) is 7.05 Å². The maximum absolute atomic E-state index is 12.5. The number of nitrogens with zero attached hydrogens (tertiary/aromatic N) is 3. The molecule has 1 amide bonds. The highest BCUT2D eigenvalue weighted by molar-refractivity contribution is 7.82. The predicted molar refractivity (Wildman–Crippen MR) is 93.4 cm³/mol.